The molecule has 0 spiro atoms. The van der Waals surface area contributed by atoms with Crippen LogP contribution in [0.25, 0.3) is 0 Å². The highest BCUT2D eigenvalue weighted by molar-refractivity contribution is 6.04. The summed E-state index contributed by atoms with van der Waals surface area (Å²) in [6.45, 7) is 2.23. The molecule has 8 heteroatoms. The van der Waals surface area contributed by atoms with Crippen molar-refractivity contribution in [1.29, 1.82) is 0 Å². The van der Waals surface area contributed by atoms with Gasteiger partial charge in [-0.1, -0.05) is 12.1 Å². The summed E-state index contributed by atoms with van der Waals surface area (Å²) in [5.74, 6) is -4.31. The lowest BCUT2D eigenvalue weighted by molar-refractivity contribution is -0.139. The van der Waals surface area contributed by atoms with Crippen molar-refractivity contribution >= 4 is 17.6 Å². The van der Waals surface area contributed by atoms with Crippen LogP contribution in [0.4, 0.5) is 14.5 Å². The van der Waals surface area contributed by atoms with Gasteiger partial charge in [-0.2, -0.15) is 0 Å². The van der Waals surface area contributed by atoms with Crippen LogP contribution in [0.2, 0.25) is 0 Å². The Morgan fingerprint density at radius 1 is 1.11 bits per heavy atom. The van der Waals surface area contributed by atoms with Crippen LogP contribution in [0.3, 0.4) is 0 Å². The summed E-state index contributed by atoms with van der Waals surface area (Å²) in [4.78, 5) is 23.1. The number of nitrogens with one attached hydrogen (secondary N) is 1. The number of ether oxygens (including phenoxy) is 2. The van der Waals surface area contributed by atoms with E-state index < -0.39 is 24.4 Å². The van der Waals surface area contributed by atoms with Crippen molar-refractivity contribution in [2.45, 2.75) is 19.8 Å². The maximum atomic E-state index is 13.4. The molecule has 144 valence electrons. The number of amides is 1. The Hall–Kier alpha value is -3.16. The second-order valence-electron chi connectivity index (χ2n) is 5.70. The molecule has 2 N–H and O–H groups in total. The predicted molar refractivity (Wildman–Crippen MR) is 94.7 cm³/mol. The van der Waals surface area contributed by atoms with Crippen LogP contribution < -0.4 is 14.8 Å². The number of carbonyl (C=O) groups excluding carboxylic acids is 1. The van der Waals surface area contributed by atoms with Crippen molar-refractivity contribution in [3.8, 4) is 11.5 Å². The lowest BCUT2D eigenvalue weighted by Crippen LogP contribution is -2.14. The molecule has 0 aromatic heterocycles. The monoisotopic (exact) mass is 379 g/mol. The first-order valence-electron chi connectivity index (χ1n) is 8.12. The molecule has 0 unspecified atom stereocenters. The molecule has 2 aromatic carbocycles. The molecule has 27 heavy (non-hydrogen) atoms. The SMILES string of the molecule is CCOc1cc(C(=O)Nc2cccc(C(C)(F)F)c2)ccc1OCC(=O)O. The predicted octanol–water partition coefficient (Wildman–Crippen LogP) is 3.91. The van der Waals surface area contributed by atoms with Crippen molar-refractivity contribution in [2.24, 2.45) is 0 Å². The summed E-state index contributed by atoms with van der Waals surface area (Å²) in [5, 5.41) is 11.2. The third-order valence-corrected chi connectivity index (χ3v) is 3.48. The van der Waals surface area contributed by atoms with Gasteiger partial charge in [-0.25, -0.2) is 13.6 Å². The molecule has 0 saturated carbocycles. The summed E-state index contributed by atoms with van der Waals surface area (Å²) in [7, 11) is 0. The zero-order chi connectivity index (χ0) is 20.0. The van der Waals surface area contributed by atoms with Gasteiger partial charge < -0.3 is 19.9 Å². The van der Waals surface area contributed by atoms with Crippen molar-refractivity contribution in [3.05, 3.63) is 53.6 Å². The molecule has 0 bridgehead atoms. The smallest absolute Gasteiger partial charge is 0.341 e. The van der Waals surface area contributed by atoms with Crippen LogP contribution in [0.15, 0.2) is 42.5 Å². The molecule has 0 aliphatic heterocycles. The van der Waals surface area contributed by atoms with Crippen LogP contribution in [0.1, 0.15) is 29.8 Å². The van der Waals surface area contributed by atoms with Gasteiger partial charge in [0.25, 0.3) is 11.8 Å². The van der Waals surface area contributed by atoms with Gasteiger partial charge >= 0.3 is 5.97 Å². The first-order chi connectivity index (χ1) is 12.7. The number of hydrogen-bond acceptors (Lipinski definition) is 4. The molecule has 0 radical (unpaired) electrons. The van der Waals surface area contributed by atoms with E-state index in [1.54, 1.807) is 6.92 Å². The highest BCUT2D eigenvalue weighted by atomic mass is 19.3. The molecule has 6 nitrogen and oxygen atoms in total. The quantitative estimate of drug-likeness (QED) is 0.726. The number of alkyl halides is 2. The number of carboxylic acid groups (broad SMARTS) is 1. The first-order valence-corrected chi connectivity index (χ1v) is 8.12. The molecule has 0 aliphatic carbocycles. The number of benzene rings is 2. The minimum Gasteiger partial charge on any atom is -0.490 e. The Balaban J connectivity index is 2.21. The minimum absolute atomic E-state index is 0.184. The zero-order valence-corrected chi connectivity index (χ0v) is 14.8. The molecule has 2 rings (SSSR count). The highest BCUT2D eigenvalue weighted by Gasteiger charge is 2.24. The van der Waals surface area contributed by atoms with Crippen LogP contribution in [-0.4, -0.2) is 30.2 Å². The summed E-state index contributed by atoms with van der Waals surface area (Å²) < 4.78 is 37.3. The van der Waals surface area contributed by atoms with E-state index >= 15 is 0 Å². The van der Waals surface area contributed by atoms with Gasteiger partial charge in [0, 0.05) is 23.7 Å². The normalized spacial score (nSPS) is 11.0. The number of rotatable bonds is 8. The van der Waals surface area contributed by atoms with E-state index in [0.717, 1.165) is 6.92 Å². The van der Waals surface area contributed by atoms with Gasteiger partial charge in [0.05, 0.1) is 6.61 Å². The molecule has 0 saturated heterocycles. The van der Waals surface area contributed by atoms with E-state index in [4.69, 9.17) is 14.6 Å². The third-order valence-electron chi connectivity index (χ3n) is 3.48. The summed E-state index contributed by atoms with van der Waals surface area (Å²) in [6, 6.07) is 9.64. The second-order valence-corrected chi connectivity index (χ2v) is 5.70. The van der Waals surface area contributed by atoms with Crippen molar-refractivity contribution < 1.29 is 33.0 Å². The summed E-state index contributed by atoms with van der Waals surface area (Å²) in [6.07, 6.45) is 0. The fraction of sp³-hybridized carbons (Fsp3) is 0.263. The third kappa shape index (κ3) is 5.67. The Labute approximate surface area is 154 Å². The maximum absolute atomic E-state index is 13.4. The van der Waals surface area contributed by atoms with E-state index in [1.807, 2.05) is 0 Å². The van der Waals surface area contributed by atoms with Gasteiger partial charge in [-0.3, -0.25) is 4.79 Å². The topological polar surface area (TPSA) is 84.9 Å². The number of anilines is 1. The second kappa shape index (κ2) is 8.48. The molecule has 0 heterocycles. The van der Waals surface area contributed by atoms with Crippen molar-refractivity contribution in [3.63, 3.8) is 0 Å². The molecular weight excluding hydrogens is 360 g/mol. The van der Waals surface area contributed by atoms with Gasteiger partial charge in [0.1, 0.15) is 0 Å². The standard InChI is InChI=1S/C19H19F2NO5/c1-3-26-16-9-12(7-8-15(16)27-11-17(23)24)18(25)22-14-6-4-5-13(10-14)19(2,20)21/h4-10H,3,11H2,1-2H3,(H,22,25)(H,23,24). The Kier molecular flexibility index (Phi) is 6.33. The molecular formula is C19H19F2NO5. The van der Waals surface area contributed by atoms with Crippen LogP contribution in [0, 0.1) is 0 Å². The Morgan fingerprint density at radius 2 is 1.85 bits per heavy atom. The van der Waals surface area contributed by atoms with Gasteiger partial charge in [-0.05, 0) is 37.3 Å². The lowest BCUT2D eigenvalue weighted by atomic mass is 10.1. The minimum atomic E-state index is -3.02. The van der Waals surface area contributed by atoms with Gasteiger partial charge in [0.15, 0.2) is 18.1 Å². The molecule has 0 fully saturated rings. The van der Waals surface area contributed by atoms with E-state index in [1.165, 1.54) is 42.5 Å². The molecule has 0 aliphatic rings. The Bertz CT molecular complexity index is 833. The fourth-order valence-electron chi connectivity index (χ4n) is 2.25. The molecule has 0 atom stereocenters. The number of carbonyl (C=O) groups is 2. The average molecular weight is 379 g/mol. The summed E-state index contributed by atoms with van der Waals surface area (Å²) in [5.41, 5.74) is 0.214. The molecule has 2 aromatic rings. The van der Waals surface area contributed by atoms with Crippen LogP contribution in [-0.2, 0) is 10.7 Å². The van der Waals surface area contributed by atoms with E-state index in [-0.39, 0.29) is 34.9 Å². The first kappa shape index (κ1) is 20.2. The number of halogens is 2. The van der Waals surface area contributed by atoms with Gasteiger partial charge in [0.2, 0.25) is 0 Å². The van der Waals surface area contributed by atoms with Gasteiger partial charge in [-0.15, -0.1) is 0 Å². The Morgan fingerprint density at radius 3 is 2.48 bits per heavy atom. The van der Waals surface area contributed by atoms with E-state index in [9.17, 15) is 18.4 Å². The average Bonchev–Trinajstić information content (AvgIpc) is 2.60. The molecule has 1 amide bonds. The number of aliphatic carboxylic acids is 1. The van der Waals surface area contributed by atoms with E-state index in [2.05, 4.69) is 5.32 Å². The van der Waals surface area contributed by atoms with Crippen LogP contribution in [0.5, 0.6) is 11.5 Å². The largest absolute Gasteiger partial charge is 0.490 e. The number of carboxylic acids is 1. The zero-order valence-electron chi connectivity index (χ0n) is 14.8. The number of hydrogen-bond donors (Lipinski definition) is 2. The summed E-state index contributed by atoms with van der Waals surface area (Å²) >= 11 is 0. The highest BCUT2D eigenvalue weighted by Crippen LogP contribution is 2.30. The van der Waals surface area contributed by atoms with Crippen molar-refractivity contribution in [1.82, 2.24) is 0 Å². The van der Waals surface area contributed by atoms with E-state index in [0.29, 0.717) is 0 Å². The fourth-order valence-corrected chi connectivity index (χ4v) is 2.25. The van der Waals surface area contributed by atoms with Crippen LogP contribution >= 0.6 is 0 Å². The maximum Gasteiger partial charge on any atom is 0.341 e. The lowest BCUT2D eigenvalue weighted by Gasteiger charge is -2.14. The van der Waals surface area contributed by atoms with Crippen molar-refractivity contribution in [2.75, 3.05) is 18.5 Å².